The molecule has 3 N–H and O–H groups in total. The summed E-state index contributed by atoms with van der Waals surface area (Å²) in [5.41, 5.74) is 5.67. The van der Waals surface area contributed by atoms with Crippen molar-refractivity contribution in [2.45, 2.75) is 30.4 Å². The molecule has 2 aromatic carbocycles. The topological polar surface area (TPSA) is 55.1 Å². The van der Waals surface area contributed by atoms with Crippen LogP contribution in [0.5, 0.6) is 0 Å². The van der Waals surface area contributed by atoms with Crippen molar-refractivity contribution >= 4 is 17.7 Å². The number of thioether (sulfide) groups is 1. The molecule has 0 spiro atoms. The normalized spacial score (nSPS) is 12.0. The van der Waals surface area contributed by atoms with Crippen molar-refractivity contribution in [3.05, 3.63) is 65.2 Å². The Balaban J connectivity index is 1.96. The van der Waals surface area contributed by atoms with Crippen LogP contribution in [0.4, 0.5) is 0 Å². The van der Waals surface area contributed by atoms with Gasteiger partial charge in [0.15, 0.2) is 0 Å². The van der Waals surface area contributed by atoms with E-state index in [1.807, 2.05) is 30.8 Å². The molecule has 0 saturated carbocycles. The summed E-state index contributed by atoms with van der Waals surface area (Å²) in [6.45, 7) is 3.93. The third kappa shape index (κ3) is 4.34. The molecule has 0 saturated heterocycles. The lowest BCUT2D eigenvalue weighted by Gasteiger charge is -2.10. The highest BCUT2D eigenvalue weighted by Crippen LogP contribution is 2.24. The Hall–Kier alpha value is -1.78. The fourth-order valence-corrected chi connectivity index (χ4v) is 2.83. The Labute approximate surface area is 129 Å². The highest BCUT2D eigenvalue weighted by Gasteiger charge is 2.13. The summed E-state index contributed by atoms with van der Waals surface area (Å²) >= 11 is 1.81. The van der Waals surface area contributed by atoms with Crippen LogP contribution in [0.1, 0.15) is 29.5 Å². The molecule has 0 fully saturated rings. The predicted molar refractivity (Wildman–Crippen MR) is 87.9 cm³/mol. The molecular formula is C17H20N2OS. The Bertz CT molecular complexity index is 593. The molecule has 21 heavy (non-hydrogen) atoms. The van der Waals surface area contributed by atoms with E-state index in [1.165, 1.54) is 16.0 Å². The molecule has 0 aromatic heterocycles. The van der Waals surface area contributed by atoms with Crippen molar-refractivity contribution in [3.8, 4) is 0 Å². The number of amides is 1. The van der Waals surface area contributed by atoms with Gasteiger partial charge in [0.25, 0.3) is 0 Å². The monoisotopic (exact) mass is 300 g/mol. The van der Waals surface area contributed by atoms with Crippen LogP contribution in [-0.4, -0.2) is 5.91 Å². The lowest BCUT2D eigenvalue weighted by molar-refractivity contribution is -0.122. The van der Waals surface area contributed by atoms with Gasteiger partial charge in [0, 0.05) is 10.6 Å². The minimum absolute atomic E-state index is 0.170. The van der Waals surface area contributed by atoms with E-state index in [0.29, 0.717) is 0 Å². The molecule has 1 unspecified atom stereocenters. The number of hydrazine groups is 1. The number of nitrogens with two attached hydrogens (primary N) is 1. The largest absolute Gasteiger partial charge is 0.294 e. The summed E-state index contributed by atoms with van der Waals surface area (Å²) in [4.78, 5) is 12.8. The summed E-state index contributed by atoms with van der Waals surface area (Å²) < 4.78 is 0. The quantitative estimate of drug-likeness (QED) is 0.385. The zero-order valence-corrected chi connectivity index (χ0v) is 13.1. The second-order valence-electron chi connectivity index (χ2n) is 5.07. The lowest BCUT2D eigenvalue weighted by atomic mass is 9.99. The van der Waals surface area contributed by atoms with E-state index in [-0.39, 0.29) is 11.8 Å². The highest BCUT2D eigenvalue weighted by atomic mass is 32.2. The Morgan fingerprint density at radius 2 is 1.76 bits per heavy atom. The number of hydrogen-bond donors (Lipinski definition) is 2. The fourth-order valence-electron chi connectivity index (χ4n) is 1.98. The summed E-state index contributed by atoms with van der Waals surface area (Å²) in [5, 5.41) is 0. The summed E-state index contributed by atoms with van der Waals surface area (Å²) in [5.74, 6) is 5.68. The molecule has 3 nitrogen and oxygen atoms in total. The van der Waals surface area contributed by atoms with Gasteiger partial charge < -0.3 is 0 Å². The highest BCUT2D eigenvalue weighted by molar-refractivity contribution is 7.98. The zero-order valence-electron chi connectivity index (χ0n) is 12.3. The van der Waals surface area contributed by atoms with E-state index in [4.69, 9.17) is 5.84 Å². The second kappa shape index (κ2) is 7.29. The molecule has 110 valence electrons. The van der Waals surface area contributed by atoms with Gasteiger partial charge in [-0.15, -0.1) is 11.8 Å². The van der Waals surface area contributed by atoms with Gasteiger partial charge in [0.1, 0.15) is 0 Å². The molecule has 0 aliphatic rings. The van der Waals surface area contributed by atoms with Gasteiger partial charge in [-0.2, -0.15) is 0 Å². The number of carbonyl (C=O) groups excluding carboxylic acids is 1. The Morgan fingerprint density at radius 3 is 2.33 bits per heavy atom. The predicted octanol–water partition coefficient (Wildman–Crippen LogP) is 3.38. The molecule has 0 aliphatic heterocycles. The molecule has 2 aromatic rings. The van der Waals surface area contributed by atoms with Crippen LogP contribution in [0.2, 0.25) is 0 Å². The van der Waals surface area contributed by atoms with Gasteiger partial charge in [-0.25, -0.2) is 5.84 Å². The maximum Gasteiger partial charge on any atom is 0.241 e. The SMILES string of the molecule is Cc1ccc(SCc2ccc(C(C)C(=O)NN)cc2)cc1. The van der Waals surface area contributed by atoms with Crippen molar-refractivity contribution < 1.29 is 4.79 Å². The minimum atomic E-state index is -0.228. The van der Waals surface area contributed by atoms with Crippen molar-refractivity contribution in [2.75, 3.05) is 0 Å². The average molecular weight is 300 g/mol. The Kier molecular flexibility index (Phi) is 5.42. The van der Waals surface area contributed by atoms with Crippen LogP contribution >= 0.6 is 11.8 Å². The van der Waals surface area contributed by atoms with Gasteiger partial charge in [-0.3, -0.25) is 10.2 Å². The number of aryl methyl sites for hydroxylation is 1. The molecule has 1 amide bonds. The first-order valence-electron chi connectivity index (χ1n) is 6.89. The van der Waals surface area contributed by atoms with Gasteiger partial charge >= 0.3 is 0 Å². The summed E-state index contributed by atoms with van der Waals surface area (Å²) in [7, 11) is 0. The van der Waals surface area contributed by atoms with Crippen molar-refractivity contribution in [3.63, 3.8) is 0 Å². The summed E-state index contributed by atoms with van der Waals surface area (Å²) in [6, 6.07) is 16.6. The standard InChI is InChI=1S/C17H20N2OS/c1-12-3-9-16(10-4-12)21-11-14-5-7-15(8-6-14)13(2)17(20)19-18/h3-10,13H,11,18H2,1-2H3,(H,19,20). The molecule has 0 radical (unpaired) electrons. The first-order chi connectivity index (χ1) is 10.1. The molecule has 0 aliphatic carbocycles. The second-order valence-corrected chi connectivity index (χ2v) is 6.12. The molecule has 0 heterocycles. The van der Waals surface area contributed by atoms with Crippen LogP contribution in [0.3, 0.4) is 0 Å². The molecule has 2 rings (SSSR count). The van der Waals surface area contributed by atoms with Crippen molar-refractivity contribution in [1.82, 2.24) is 5.43 Å². The van der Waals surface area contributed by atoms with E-state index in [9.17, 15) is 4.79 Å². The third-order valence-corrected chi connectivity index (χ3v) is 4.52. The van der Waals surface area contributed by atoms with E-state index in [2.05, 4.69) is 48.7 Å². The van der Waals surface area contributed by atoms with Crippen LogP contribution in [-0.2, 0) is 10.5 Å². The first kappa shape index (κ1) is 15.6. The average Bonchev–Trinajstić information content (AvgIpc) is 2.53. The molecule has 0 bridgehead atoms. The molecular weight excluding hydrogens is 280 g/mol. The molecule has 4 heteroatoms. The van der Waals surface area contributed by atoms with Crippen LogP contribution in [0.25, 0.3) is 0 Å². The van der Waals surface area contributed by atoms with Crippen LogP contribution in [0.15, 0.2) is 53.4 Å². The van der Waals surface area contributed by atoms with Crippen LogP contribution < -0.4 is 11.3 Å². The number of hydrogen-bond acceptors (Lipinski definition) is 3. The smallest absolute Gasteiger partial charge is 0.241 e. The third-order valence-electron chi connectivity index (χ3n) is 3.44. The van der Waals surface area contributed by atoms with Crippen LogP contribution in [0, 0.1) is 6.92 Å². The first-order valence-corrected chi connectivity index (χ1v) is 7.87. The number of benzene rings is 2. The number of carbonyl (C=O) groups is 1. The van der Waals surface area contributed by atoms with Gasteiger partial charge in [0.2, 0.25) is 5.91 Å². The number of rotatable bonds is 5. The van der Waals surface area contributed by atoms with E-state index >= 15 is 0 Å². The molecule has 1 atom stereocenters. The van der Waals surface area contributed by atoms with Gasteiger partial charge in [-0.1, -0.05) is 42.0 Å². The van der Waals surface area contributed by atoms with Gasteiger partial charge in [0.05, 0.1) is 5.92 Å². The minimum Gasteiger partial charge on any atom is -0.294 e. The van der Waals surface area contributed by atoms with E-state index in [0.717, 1.165) is 11.3 Å². The number of nitrogens with one attached hydrogen (secondary N) is 1. The lowest BCUT2D eigenvalue weighted by Crippen LogP contribution is -2.33. The Morgan fingerprint density at radius 1 is 1.14 bits per heavy atom. The van der Waals surface area contributed by atoms with Gasteiger partial charge in [-0.05, 0) is 37.1 Å². The van der Waals surface area contributed by atoms with Crippen molar-refractivity contribution in [1.29, 1.82) is 0 Å². The fraction of sp³-hybridized carbons (Fsp3) is 0.235. The van der Waals surface area contributed by atoms with E-state index in [1.54, 1.807) is 0 Å². The maximum absolute atomic E-state index is 11.5. The maximum atomic E-state index is 11.5. The zero-order chi connectivity index (χ0) is 15.2. The van der Waals surface area contributed by atoms with Crippen molar-refractivity contribution in [2.24, 2.45) is 5.84 Å². The van der Waals surface area contributed by atoms with E-state index < -0.39 is 0 Å². The summed E-state index contributed by atoms with van der Waals surface area (Å²) in [6.07, 6.45) is 0.